The summed E-state index contributed by atoms with van der Waals surface area (Å²) >= 11 is 0. The number of halogens is 2. The van der Waals surface area contributed by atoms with E-state index in [1.807, 2.05) is 29.9 Å². The predicted octanol–water partition coefficient (Wildman–Crippen LogP) is 2.70. The lowest BCUT2D eigenvalue weighted by Crippen LogP contribution is -2.09. The van der Waals surface area contributed by atoms with Crippen LogP contribution in [0.3, 0.4) is 0 Å². The van der Waals surface area contributed by atoms with E-state index in [-0.39, 0.29) is 11.3 Å². The van der Waals surface area contributed by atoms with Crippen LogP contribution in [0.5, 0.6) is 0 Å². The van der Waals surface area contributed by atoms with Crippen molar-refractivity contribution in [1.82, 2.24) is 4.57 Å². The van der Waals surface area contributed by atoms with Crippen LogP contribution in [0, 0.1) is 11.6 Å². The highest BCUT2D eigenvalue weighted by atomic mass is 19.1. The Kier molecular flexibility index (Phi) is 4.02. The SMILES string of the molecule is COC(=O)c1cc(NCc2cccn2C)c(F)cc1F. The highest BCUT2D eigenvalue weighted by molar-refractivity contribution is 5.90. The summed E-state index contributed by atoms with van der Waals surface area (Å²) in [6, 6.07) is 5.51. The van der Waals surface area contributed by atoms with Crippen molar-refractivity contribution in [1.29, 1.82) is 0 Å². The van der Waals surface area contributed by atoms with Crippen LogP contribution in [0.1, 0.15) is 16.1 Å². The van der Waals surface area contributed by atoms with Gasteiger partial charge in [0.2, 0.25) is 0 Å². The Bertz CT molecular complexity index is 638. The first kappa shape index (κ1) is 14.0. The maximum atomic E-state index is 13.7. The zero-order valence-corrected chi connectivity index (χ0v) is 11.1. The molecule has 4 nitrogen and oxygen atoms in total. The second-order valence-corrected chi connectivity index (χ2v) is 4.27. The van der Waals surface area contributed by atoms with E-state index in [1.165, 1.54) is 0 Å². The van der Waals surface area contributed by atoms with E-state index in [1.54, 1.807) is 0 Å². The van der Waals surface area contributed by atoms with Crippen molar-refractivity contribution >= 4 is 11.7 Å². The average molecular weight is 280 g/mol. The molecule has 1 heterocycles. The van der Waals surface area contributed by atoms with Crippen molar-refractivity contribution in [2.75, 3.05) is 12.4 Å². The standard InChI is InChI=1S/C14H14F2N2O2/c1-18-5-3-4-9(18)8-17-13-6-10(14(19)20-2)11(15)7-12(13)16/h3-7,17H,8H2,1-2H3. The van der Waals surface area contributed by atoms with E-state index in [2.05, 4.69) is 10.1 Å². The molecule has 0 aliphatic carbocycles. The van der Waals surface area contributed by atoms with E-state index in [9.17, 15) is 13.6 Å². The number of anilines is 1. The van der Waals surface area contributed by atoms with Crippen molar-refractivity contribution in [2.45, 2.75) is 6.54 Å². The molecule has 0 aliphatic rings. The fourth-order valence-corrected chi connectivity index (χ4v) is 1.82. The Morgan fingerprint density at radius 1 is 1.35 bits per heavy atom. The number of carbonyl (C=O) groups is 1. The molecule has 0 saturated carbocycles. The largest absolute Gasteiger partial charge is 0.465 e. The monoisotopic (exact) mass is 280 g/mol. The van der Waals surface area contributed by atoms with Gasteiger partial charge in [-0.05, 0) is 18.2 Å². The Labute approximate surface area is 115 Å². The zero-order valence-electron chi connectivity index (χ0n) is 11.1. The molecular formula is C14H14F2N2O2. The Morgan fingerprint density at radius 3 is 2.70 bits per heavy atom. The van der Waals surface area contributed by atoms with Gasteiger partial charge in [0.05, 0.1) is 24.9 Å². The van der Waals surface area contributed by atoms with Crippen LogP contribution in [0.25, 0.3) is 0 Å². The lowest BCUT2D eigenvalue weighted by atomic mass is 10.1. The number of nitrogens with zero attached hydrogens (tertiary/aromatic N) is 1. The van der Waals surface area contributed by atoms with E-state index in [0.717, 1.165) is 18.9 Å². The number of hydrogen-bond donors (Lipinski definition) is 1. The average Bonchev–Trinajstić information content (AvgIpc) is 2.82. The van der Waals surface area contributed by atoms with Gasteiger partial charge in [0.25, 0.3) is 0 Å². The second-order valence-electron chi connectivity index (χ2n) is 4.27. The maximum absolute atomic E-state index is 13.7. The summed E-state index contributed by atoms with van der Waals surface area (Å²) in [5.74, 6) is -2.55. The summed E-state index contributed by atoms with van der Waals surface area (Å²) in [4.78, 5) is 11.4. The molecule has 2 aromatic rings. The molecule has 2 rings (SSSR count). The van der Waals surface area contributed by atoms with Gasteiger partial charge in [-0.25, -0.2) is 13.6 Å². The number of nitrogens with one attached hydrogen (secondary N) is 1. The molecule has 0 radical (unpaired) electrons. The highest BCUT2D eigenvalue weighted by Gasteiger charge is 2.16. The number of carbonyl (C=O) groups excluding carboxylic acids is 1. The lowest BCUT2D eigenvalue weighted by Gasteiger charge is -2.10. The number of aromatic nitrogens is 1. The molecule has 0 unspecified atom stereocenters. The molecule has 0 saturated heterocycles. The fourth-order valence-electron chi connectivity index (χ4n) is 1.82. The van der Waals surface area contributed by atoms with Crippen LogP contribution in [-0.4, -0.2) is 17.6 Å². The number of rotatable bonds is 4. The first-order valence-electron chi connectivity index (χ1n) is 5.94. The molecule has 0 bridgehead atoms. The molecule has 0 spiro atoms. The van der Waals surface area contributed by atoms with Gasteiger partial charge in [-0.3, -0.25) is 0 Å². The maximum Gasteiger partial charge on any atom is 0.340 e. The van der Waals surface area contributed by atoms with Crippen LogP contribution < -0.4 is 5.32 Å². The number of aryl methyl sites for hydroxylation is 1. The van der Waals surface area contributed by atoms with E-state index >= 15 is 0 Å². The number of hydrogen-bond acceptors (Lipinski definition) is 3. The van der Waals surface area contributed by atoms with Gasteiger partial charge < -0.3 is 14.6 Å². The third-order valence-corrected chi connectivity index (χ3v) is 2.97. The van der Waals surface area contributed by atoms with Crippen molar-refractivity contribution in [3.63, 3.8) is 0 Å². The van der Waals surface area contributed by atoms with E-state index in [0.29, 0.717) is 12.6 Å². The minimum Gasteiger partial charge on any atom is -0.465 e. The van der Waals surface area contributed by atoms with Gasteiger partial charge in [-0.1, -0.05) is 0 Å². The number of ether oxygens (including phenoxy) is 1. The van der Waals surface area contributed by atoms with Crippen molar-refractivity contribution in [3.05, 3.63) is 53.4 Å². The van der Waals surface area contributed by atoms with Gasteiger partial charge in [0.1, 0.15) is 11.6 Å². The highest BCUT2D eigenvalue weighted by Crippen LogP contribution is 2.21. The molecule has 0 amide bonds. The minimum absolute atomic E-state index is 0.0491. The quantitative estimate of drug-likeness (QED) is 0.876. The first-order valence-corrected chi connectivity index (χ1v) is 5.94. The molecule has 1 aromatic carbocycles. The minimum atomic E-state index is -0.946. The molecule has 0 fully saturated rings. The summed E-state index contributed by atoms with van der Waals surface area (Å²) in [6.07, 6.45) is 1.86. The van der Waals surface area contributed by atoms with Gasteiger partial charge >= 0.3 is 5.97 Å². The first-order chi connectivity index (χ1) is 9.52. The Hall–Kier alpha value is -2.37. The van der Waals surface area contributed by atoms with Gasteiger partial charge in [-0.2, -0.15) is 0 Å². The van der Waals surface area contributed by atoms with Gasteiger partial charge in [0, 0.05) is 25.0 Å². The van der Waals surface area contributed by atoms with Crippen LogP contribution in [-0.2, 0) is 18.3 Å². The Balaban J connectivity index is 2.23. The summed E-state index contributed by atoms with van der Waals surface area (Å²) in [5, 5.41) is 2.83. The zero-order chi connectivity index (χ0) is 14.7. The van der Waals surface area contributed by atoms with Crippen LogP contribution >= 0.6 is 0 Å². The van der Waals surface area contributed by atoms with Crippen molar-refractivity contribution in [3.8, 4) is 0 Å². The third-order valence-electron chi connectivity index (χ3n) is 2.97. The van der Waals surface area contributed by atoms with Crippen LogP contribution in [0.2, 0.25) is 0 Å². The van der Waals surface area contributed by atoms with Crippen LogP contribution in [0.4, 0.5) is 14.5 Å². The number of benzene rings is 1. The summed E-state index contributed by atoms with van der Waals surface area (Å²) in [6.45, 7) is 0.354. The third kappa shape index (κ3) is 2.79. The topological polar surface area (TPSA) is 43.3 Å². The predicted molar refractivity (Wildman–Crippen MR) is 70.4 cm³/mol. The van der Waals surface area contributed by atoms with Crippen LogP contribution in [0.15, 0.2) is 30.5 Å². The fraction of sp³-hybridized carbons (Fsp3) is 0.214. The normalized spacial score (nSPS) is 10.4. The molecule has 0 aliphatic heterocycles. The lowest BCUT2D eigenvalue weighted by molar-refractivity contribution is 0.0595. The molecule has 6 heteroatoms. The molecular weight excluding hydrogens is 266 g/mol. The molecule has 0 atom stereocenters. The second kappa shape index (κ2) is 5.73. The molecule has 1 aromatic heterocycles. The van der Waals surface area contributed by atoms with E-state index in [4.69, 9.17) is 0 Å². The van der Waals surface area contributed by atoms with Crippen molar-refractivity contribution < 1.29 is 18.3 Å². The summed E-state index contributed by atoms with van der Waals surface area (Å²) in [5.41, 5.74) is 0.671. The number of methoxy groups -OCH3 is 1. The molecule has 20 heavy (non-hydrogen) atoms. The van der Waals surface area contributed by atoms with Gasteiger partial charge in [0.15, 0.2) is 0 Å². The summed E-state index contributed by atoms with van der Waals surface area (Å²) < 4.78 is 33.5. The smallest absolute Gasteiger partial charge is 0.340 e. The molecule has 1 N–H and O–H groups in total. The van der Waals surface area contributed by atoms with Crippen molar-refractivity contribution in [2.24, 2.45) is 7.05 Å². The molecule has 106 valence electrons. The van der Waals surface area contributed by atoms with Gasteiger partial charge in [-0.15, -0.1) is 0 Å². The summed E-state index contributed by atoms with van der Waals surface area (Å²) in [7, 11) is 3.00. The Morgan fingerprint density at radius 2 is 2.10 bits per heavy atom. The van der Waals surface area contributed by atoms with E-state index < -0.39 is 17.6 Å². The number of esters is 1.